The minimum atomic E-state index is -3.82. The summed E-state index contributed by atoms with van der Waals surface area (Å²) in [6.45, 7) is 0.271. The lowest BCUT2D eigenvalue weighted by Gasteiger charge is -2.24. The predicted octanol–water partition coefficient (Wildman–Crippen LogP) is 6.68. The topological polar surface area (TPSA) is 87.7 Å². The first kappa shape index (κ1) is 27.1. The zero-order chi connectivity index (χ0) is 27.0. The first-order valence-corrected chi connectivity index (χ1v) is 13.6. The molecule has 0 bridgehead atoms. The Labute approximate surface area is 225 Å². The number of amides is 2. The van der Waals surface area contributed by atoms with E-state index in [4.69, 9.17) is 16.3 Å². The summed E-state index contributed by atoms with van der Waals surface area (Å²) in [7, 11) is -3.82. The van der Waals surface area contributed by atoms with E-state index in [0.717, 1.165) is 12.1 Å². The lowest BCUT2D eigenvalue weighted by atomic mass is 10.2. The quantitative estimate of drug-likeness (QED) is 0.214. The Bertz CT molecular complexity index is 1470. The summed E-state index contributed by atoms with van der Waals surface area (Å²) in [6, 6.07) is 27.2. The van der Waals surface area contributed by atoms with Crippen LogP contribution in [0.2, 0.25) is 5.02 Å². The lowest BCUT2D eigenvalue weighted by molar-refractivity contribution is 0.257. The lowest BCUT2D eigenvalue weighted by Crippen LogP contribution is -2.37. The summed E-state index contributed by atoms with van der Waals surface area (Å²) in [5, 5.41) is 3.30. The number of carbonyl (C=O) groups is 1. The van der Waals surface area contributed by atoms with E-state index in [1.54, 1.807) is 48.5 Å². The molecule has 4 aromatic carbocycles. The highest BCUT2D eigenvalue weighted by atomic mass is 35.5. The number of ether oxygens (including phenoxy) is 1. The Morgan fingerprint density at radius 1 is 0.868 bits per heavy atom. The van der Waals surface area contributed by atoms with Gasteiger partial charge in [0.15, 0.2) is 0 Å². The van der Waals surface area contributed by atoms with E-state index in [2.05, 4.69) is 10.0 Å². The van der Waals surface area contributed by atoms with Gasteiger partial charge in [0.2, 0.25) is 10.0 Å². The molecule has 38 heavy (non-hydrogen) atoms. The van der Waals surface area contributed by atoms with Crippen molar-refractivity contribution in [2.45, 2.75) is 11.3 Å². The van der Waals surface area contributed by atoms with E-state index >= 15 is 0 Å². The van der Waals surface area contributed by atoms with Crippen molar-refractivity contribution in [3.63, 3.8) is 0 Å². The van der Waals surface area contributed by atoms with Crippen LogP contribution in [0.3, 0.4) is 0 Å². The Hall–Kier alpha value is -3.92. The average molecular weight is 554 g/mol. The van der Waals surface area contributed by atoms with E-state index in [-0.39, 0.29) is 18.0 Å². The number of rotatable bonds is 10. The van der Waals surface area contributed by atoms with E-state index < -0.39 is 21.9 Å². The fourth-order valence-corrected chi connectivity index (χ4v) is 4.83. The molecule has 2 amide bonds. The Balaban J connectivity index is 1.45. The second-order valence-electron chi connectivity index (χ2n) is 8.21. The zero-order valence-electron chi connectivity index (χ0n) is 20.2. The maximum atomic E-state index is 13.2. The first-order chi connectivity index (χ1) is 18.3. The van der Waals surface area contributed by atoms with Crippen molar-refractivity contribution >= 4 is 39.0 Å². The highest BCUT2D eigenvalue weighted by Gasteiger charge is 2.18. The van der Waals surface area contributed by atoms with Crippen LogP contribution in [0.5, 0.6) is 11.5 Å². The van der Waals surface area contributed by atoms with Crippen molar-refractivity contribution in [3.8, 4) is 11.5 Å². The second-order valence-corrected chi connectivity index (χ2v) is 10.4. The Morgan fingerprint density at radius 3 is 2.24 bits per heavy atom. The normalized spacial score (nSPS) is 11.1. The molecule has 0 spiro atoms. The molecule has 10 heteroatoms. The van der Waals surface area contributed by atoms with E-state index in [1.165, 1.54) is 17.0 Å². The van der Waals surface area contributed by atoms with E-state index in [0.29, 0.717) is 34.3 Å². The molecule has 0 unspecified atom stereocenters. The summed E-state index contributed by atoms with van der Waals surface area (Å²) >= 11 is 6.05. The molecule has 0 saturated carbocycles. The zero-order valence-corrected chi connectivity index (χ0v) is 21.8. The van der Waals surface area contributed by atoms with Crippen molar-refractivity contribution in [2.24, 2.45) is 0 Å². The molecule has 4 aromatic rings. The third-order valence-corrected chi connectivity index (χ3v) is 7.13. The molecule has 0 radical (unpaired) electrons. The SMILES string of the molecule is O=C(Nc1cccc(Cl)c1)N(CCCNS(=O)(=O)c1ccc(F)cc1)c1ccc(Oc2ccccc2)cc1. The standard InChI is InChI=1S/C28H25ClFN3O4S/c29-21-6-4-7-23(20-21)32-28(34)33(19-5-18-31-38(35,36)27-16-10-22(30)11-17-27)24-12-14-26(15-13-24)37-25-8-2-1-3-9-25/h1-4,6-17,20,31H,5,18-19H2,(H,32,34). The van der Waals surface area contributed by atoms with Crippen molar-refractivity contribution < 1.29 is 22.3 Å². The number of halogens is 2. The van der Waals surface area contributed by atoms with Gasteiger partial charge in [0.1, 0.15) is 17.3 Å². The Kier molecular flexibility index (Phi) is 8.96. The number of urea groups is 1. The van der Waals surface area contributed by atoms with Gasteiger partial charge in [0.05, 0.1) is 4.90 Å². The molecule has 4 rings (SSSR count). The van der Waals surface area contributed by atoms with Crippen LogP contribution >= 0.6 is 11.6 Å². The van der Waals surface area contributed by atoms with Crippen molar-refractivity contribution in [1.29, 1.82) is 0 Å². The first-order valence-electron chi connectivity index (χ1n) is 11.7. The molecule has 0 aliphatic rings. The predicted molar refractivity (Wildman–Crippen MR) is 147 cm³/mol. The van der Waals surface area contributed by atoms with Gasteiger partial charge in [-0.25, -0.2) is 22.3 Å². The van der Waals surface area contributed by atoms with Gasteiger partial charge in [-0.15, -0.1) is 0 Å². The minimum Gasteiger partial charge on any atom is -0.457 e. The van der Waals surface area contributed by atoms with Gasteiger partial charge in [0, 0.05) is 29.5 Å². The summed E-state index contributed by atoms with van der Waals surface area (Å²) in [5.74, 6) is 0.761. The fourth-order valence-electron chi connectivity index (χ4n) is 3.56. The molecular weight excluding hydrogens is 529 g/mol. The fraction of sp³-hybridized carbons (Fsp3) is 0.107. The van der Waals surface area contributed by atoms with Gasteiger partial charge >= 0.3 is 6.03 Å². The van der Waals surface area contributed by atoms with Crippen LogP contribution in [-0.4, -0.2) is 27.5 Å². The molecule has 2 N–H and O–H groups in total. The molecule has 0 aromatic heterocycles. The number of carbonyl (C=O) groups excluding carboxylic acids is 1. The third kappa shape index (κ3) is 7.55. The number of sulfonamides is 1. The van der Waals surface area contributed by atoms with E-state index in [9.17, 15) is 17.6 Å². The monoisotopic (exact) mass is 553 g/mol. The van der Waals surface area contributed by atoms with Gasteiger partial charge in [0.25, 0.3) is 0 Å². The molecule has 7 nitrogen and oxygen atoms in total. The summed E-state index contributed by atoms with van der Waals surface area (Å²) in [5.41, 5.74) is 1.11. The highest BCUT2D eigenvalue weighted by Crippen LogP contribution is 2.25. The van der Waals surface area contributed by atoms with E-state index in [1.807, 2.05) is 30.3 Å². The van der Waals surface area contributed by atoms with Crippen LogP contribution in [0, 0.1) is 5.82 Å². The van der Waals surface area contributed by atoms with Gasteiger partial charge in [-0.2, -0.15) is 0 Å². The maximum absolute atomic E-state index is 13.2. The largest absolute Gasteiger partial charge is 0.457 e. The molecule has 0 heterocycles. The van der Waals surface area contributed by atoms with Gasteiger partial charge < -0.3 is 10.1 Å². The maximum Gasteiger partial charge on any atom is 0.326 e. The number of para-hydroxylation sites is 1. The molecule has 196 valence electrons. The third-order valence-electron chi connectivity index (χ3n) is 5.42. The van der Waals surface area contributed by atoms with Gasteiger partial charge in [-0.3, -0.25) is 4.90 Å². The van der Waals surface area contributed by atoms with Crippen LogP contribution in [0.15, 0.2) is 108 Å². The molecule has 0 saturated heterocycles. The highest BCUT2D eigenvalue weighted by molar-refractivity contribution is 7.89. The number of anilines is 2. The molecule has 0 aliphatic carbocycles. The molecule has 0 fully saturated rings. The minimum absolute atomic E-state index is 0.0385. The van der Waals surface area contributed by atoms with Crippen LogP contribution in [-0.2, 0) is 10.0 Å². The number of hydrogen-bond acceptors (Lipinski definition) is 4. The van der Waals surface area contributed by atoms with Crippen molar-refractivity contribution in [3.05, 3.63) is 114 Å². The summed E-state index contributed by atoms with van der Waals surface area (Å²) in [6.07, 6.45) is 0.311. The summed E-state index contributed by atoms with van der Waals surface area (Å²) in [4.78, 5) is 14.7. The Morgan fingerprint density at radius 2 is 1.55 bits per heavy atom. The van der Waals surface area contributed by atoms with Crippen LogP contribution < -0.4 is 19.7 Å². The number of nitrogens with zero attached hydrogens (tertiary/aromatic N) is 1. The van der Waals surface area contributed by atoms with Gasteiger partial charge in [-0.05, 0) is 85.3 Å². The second kappa shape index (κ2) is 12.6. The molecular formula is C28H25ClFN3O4S. The smallest absolute Gasteiger partial charge is 0.326 e. The molecule has 0 atom stereocenters. The number of hydrogen-bond donors (Lipinski definition) is 2. The number of benzene rings is 4. The van der Waals surface area contributed by atoms with Crippen LogP contribution in [0.1, 0.15) is 6.42 Å². The van der Waals surface area contributed by atoms with Crippen molar-refractivity contribution in [1.82, 2.24) is 4.72 Å². The number of nitrogens with one attached hydrogen (secondary N) is 2. The van der Waals surface area contributed by atoms with Crippen LogP contribution in [0.25, 0.3) is 0 Å². The van der Waals surface area contributed by atoms with Crippen LogP contribution in [0.4, 0.5) is 20.6 Å². The van der Waals surface area contributed by atoms with Gasteiger partial charge in [-0.1, -0.05) is 35.9 Å². The average Bonchev–Trinajstić information content (AvgIpc) is 2.90. The summed E-state index contributed by atoms with van der Waals surface area (Å²) < 4.78 is 46.5. The van der Waals surface area contributed by atoms with Crippen molar-refractivity contribution in [2.75, 3.05) is 23.3 Å². The molecule has 0 aliphatic heterocycles.